The molecular formula is C25H17NOS. The number of anilines is 2. The Bertz CT molecular complexity index is 1380. The van der Waals surface area contributed by atoms with Crippen molar-refractivity contribution in [2.24, 2.45) is 0 Å². The summed E-state index contributed by atoms with van der Waals surface area (Å²) in [7, 11) is 2.12. The van der Waals surface area contributed by atoms with Crippen molar-refractivity contribution in [3.8, 4) is 0 Å². The summed E-state index contributed by atoms with van der Waals surface area (Å²) in [5.74, 6) is 0. The fourth-order valence-corrected chi connectivity index (χ4v) is 5.08. The van der Waals surface area contributed by atoms with Crippen LogP contribution in [0.3, 0.4) is 0 Å². The molecule has 0 aliphatic rings. The normalized spacial score (nSPS) is 11.8. The van der Waals surface area contributed by atoms with E-state index in [1.165, 1.54) is 25.9 Å². The Balaban J connectivity index is 1.50. The van der Waals surface area contributed by atoms with E-state index in [0.29, 0.717) is 0 Å². The lowest BCUT2D eigenvalue weighted by Gasteiger charge is -2.20. The minimum absolute atomic E-state index is 0.928. The zero-order valence-corrected chi connectivity index (χ0v) is 16.2. The lowest BCUT2D eigenvalue weighted by atomic mass is 10.1. The third-order valence-electron chi connectivity index (χ3n) is 5.50. The van der Waals surface area contributed by atoms with Crippen molar-refractivity contribution < 1.29 is 4.42 Å². The van der Waals surface area contributed by atoms with Crippen LogP contribution in [0.1, 0.15) is 0 Å². The number of benzene rings is 4. The van der Waals surface area contributed by atoms with E-state index in [4.69, 9.17) is 4.42 Å². The Morgan fingerprint density at radius 2 is 1.25 bits per heavy atom. The third-order valence-corrected chi connectivity index (χ3v) is 6.65. The zero-order chi connectivity index (χ0) is 18.7. The number of furan rings is 1. The smallest absolute Gasteiger partial charge is 0.135 e. The molecule has 134 valence electrons. The van der Waals surface area contributed by atoms with Gasteiger partial charge in [0.2, 0.25) is 0 Å². The quantitative estimate of drug-likeness (QED) is 0.306. The molecule has 0 atom stereocenters. The molecule has 0 aliphatic carbocycles. The number of para-hydroxylation sites is 1. The first-order chi connectivity index (χ1) is 13.8. The van der Waals surface area contributed by atoms with E-state index in [1.807, 2.05) is 23.5 Å². The third kappa shape index (κ3) is 2.26. The second-order valence-electron chi connectivity index (χ2n) is 7.12. The summed E-state index contributed by atoms with van der Waals surface area (Å²) < 4.78 is 8.64. The van der Waals surface area contributed by atoms with Crippen LogP contribution in [-0.2, 0) is 0 Å². The summed E-state index contributed by atoms with van der Waals surface area (Å²) in [4.78, 5) is 2.24. The molecule has 6 rings (SSSR count). The average molecular weight is 379 g/mol. The van der Waals surface area contributed by atoms with Crippen molar-refractivity contribution in [2.75, 3.05) is 11.9 Å². The number of hydrogen-bond donors (Lipinski definition) is 0. The lowest BCUT2D eigenvalue weighted by molar-refractivity contribution is 0.669. The van der Waals surface area contributed by atoms with Gasteiger partial charge in [0, 0.05) is 49.4 Å². The van der Waals surface area contributed by atoms with E-state index in [0.717, 1.165) is 27.6 Å². The molecule has 0 unspecified atom stereocenters. The van der Waals surface area contributed by atoms with Crippen LogP contribution in [0.2, 0.25) is 0 Å². The Morgan fingerprint density at radius 3 is 2.14 bits per heavy atom. The highest BCUT2D eigenvalue weighted by molar-refractivity contribution is 7.25. The molecule has 4 aromatic carbocycles. The molecule has 0 radical (unpaired) electrons. The fourth-order valence-electron chi connectivity index (χ4n) is 3.99. The highest BCUT2D eigenvalue weighted by atomic mass is 32.1. The molecule has 0 aliphatic heterocycles. The average Bonchev–Trinajstić information content (AvgIpc) is 3.30. The van der Waals surface area contributed by atoms with Crippen LogP contribution in [0.4, 0.5) is 11.4 Å². The zero-order valence-electron chi connectivity index (χ0n) is 15.3. The summed E-state index contributed by atoms with van der Waals surface area (Å²) in [6.45, 7) is 0. The minimum Gasteiger partial charge on any atom is -0.456 e. The molecule has 0 fully saturated rings. The van der Waals surface area contributed by atoms with Crippen LogP contribution in [0.25, 0.3) is 42.1 Å². The summed E-state index contributed by atoms with van der Waals surface area (Å²) in [6, 6.07) is 30.0. The van der Waals surface area contributed by atoms with Gasteiger partial charge in [0.25, 0.3) is 0 Å². The van der Waals surface area contributed by atoms with Gasteiger partial charge in [-0.15, -0.1) is 11.3 Å². The Kier molecular flexibility index (Phi) is 3.28. The molecule has 2 heterocycles. The van der Waals surface area contributed by atoms with Crippen molar-refractivity contribution in [3.63, 3.8) is 0 Å². The fraction of sp³-hybridized carbons (Fsp3) is 0.0400. The van der Waals surface area contributed by atoms with Crippen LogP contribution in [0.5, 0.6) is 0 Å². The van der Waals surface area contributed by atoms with Crippen LogP contribution < -0.4 is 4.90 Å². The topological polar surface area (TPSA) is 16.4 Å². The number of thiophene rings is 1. The largest absolute Gasteiger partial charge is 0.456 e. The van der Waals surface area contributed by atoms with Gasteiger partial charge in [-0.3, -0.25) is 0 Å². The van der Waals surface area contributed by atoms with Crippen LogP contribution >= 0.6 is 11.3 Å². The van der Waals surface area contributed by atoms with E-state index in [-0.39, 0.29) is 0 Å². The van der Waals surface area contributed by atoms with Gasteiger partial charge in [0.05, 0.1) is 0 Å². The van der Waals surface area contributed by atoms with Gasteiger partial charge < -0.3 is 9.32 Å². The van der Waals surface area contributed by atoms with Crippen molar-refractivity contribution in [1.29, 1.82) is 0 Å². The molecule has 0 spiro atoms. The molecule has 0 saturated carbocycles. The van der Waals surface area contributed by atoms with Crippen LogP contribution in [0.15, 0.2) is 89.3 Å². The standard InChI is InChI=1S/C25H17NOS/c1-26(16-10-12-23-20(14-16)18-6-2-4-8-22(18)27-23)17-11-13-25-21(15-17)19-7-3-5-9-24(19)28-25/h2-15H,1H3. The maximum absolute atomic E-state index is 5.97. The van der Waals surface area contributed by atoms with E-state index in [1.54, 1.807) is 0 Å². The predicted molar refractivity (Wildman–Crippen MR) is 121 cm³/mol. The molecule has 28 heavy (non-hydrogen) atoms. The monoisotopic (exact) mass is 379 g/mol. The van der Waals surface area contributed by atoms with Gasteiger partial charge >= 0.3 is 0 Å². The van der Waals surface area contributed by atoms with E-state index in [9.17, 15) is 0 Å². The van der Waals surface area contributed by atoms with Crippen molar-refractivity contribution in [2.45, 2.75) is 0 Å². The van der Waals surface area contributed by atoms with Crippen LogP contribution in [-0.4, -0.2) is 7.05 Å². The minimum atomic E-state index is 0.928. The Morgan fingerprint density at radius 1 is 0.607 bits per heavy atom. The molecule has 6 aromatic rings. The second kappa shape index (κ2) is 5.85. The molecular weight excluding hydrogens is 362 g/mol. The lowest BCUT2D eigenvalue weighted by Crippen LogP contribution is -2.08. The van der Waals surface area contributed by atoms with Crippen molar-refractivity contribution >= 4 is 64.8 Å². The van der Waals surface area contributed by atoms with Gasteiger partial charge in [0.15, 0.2) is 0 Å². The molecule has 0 N–H and O–H groups in total. The highest BCUT2D eigenvalue weighted by Crippen LogP contribution is 2.38. The van der Waals surface area contributed by atoms with Gasteiger partial charge in [-0.1, -0.05) is 36.4 Å². The Labute approximate surface area is 166 Å². The van der Waals surface area contributed by atoms with E-state index < -0.39 is 0 Å². The Hall–Kier alpha value is -3.30. The summed E-state index contributed by atoms with van der Waals surface area (Å²) >= 11 is 1.85. The van der Waals surface area contributed by atoms with Crippen LogP contribution in [0, 0.1) is 0 Å². The van der Waals surface area contributed by atoms with Gasteiger partial charge in [-0.25, -0.2) is 0 Å². The first-order valence-corrected chi connectivity index (χ1v) is 10.2. The SMILES string of the molecule is CN(c1ccc2oc3ccccc3c2c1)c1ccc2sc3ccccc3c2c1. The van der Waals surface area contributed by atoms with E-state index >= 15 is 0 Å². The van der Waals surface area contributed by atoms with E-state index in [2.05, 4.69) is 84.7 Å². The first kappa shape index (κ1) is 15.7. The highest BCUT2D eigenvalue weighted by Gasteiger charge is 2.12. The van der Waals surface area contributed by atoms with Crippen molar-refractivity contribution in [1.82, 2.24) is 0 Å². The molecule has 3 heteroatoms. The second-order valence-corrected chi connectivity index (χ2v) is 8.20. The maximum Gasteiger partial charge on any atom is 0.135 e. The maximum atomic E-state index is 5.97. The summed E-state index contributed by atoms with van der Waals surface area (Å²) in [5, 5.41) is 4.96. The van der Waals surface area contributed by atoms with Gasteiger partial charge in [-0.2, -0.15) is 0 Å². The summed E-state index contributed by atoms with van der Waals surface area (Å²) in [6.07, 6.45) is 0. The predicted octanol–water partition coefficient (Wildman–Crippen LogP) is 7.72. The number of fused-ring (bicyclic) bond motifs is 6. The van der Waals surface area contributed by atoms with Gasteiger partial charge in [0.1, 0.15) is 11.2 Å². The molecule has 2 nitrogen and oxygen atoms in total. The number of rotatable bonds is 2. The molecule has 0 amide bonds. The molecule has 0 bridgehead atoms. The van der Waals surface area contributed by atoms with Gasteiger partial charge in [-0.05, 0) is 48.5 Å². The number of nitrogens with zero attached hydrogens (tertiary/aromatic N) is 1. The number of hydrogen-bond acceptors (Lipinski definition) is 3. The first-order valence-electron chi connectivity index (χ1n) is 9.34. The summed E-state index contributed by atoms with van der Waals surface area (Å²) in [5.41, 5.74) is 4.20. The van der Waals surface area contributed by atoms with Crippen molar-refractivity contribution in [3.05, 3.63) is 84.9 Å². The molecule has 0 saturated heterocycles. The molecule has 2 aromatic heterocycles.